The highest BCUT2D eigenvalue weighted by atomic mass is 32.2. The second-order valence-corrected chi connectivity index (χ2v) is 10.6. The second-order valence-electron chi connectivity index (χ2n) is 8.94. The van der Waals surface area contributed by atoms with E-state index in [0.717, 1.165) is 5.56 Å². The molecule has 1 atom stereocenters. The lowest BCUT2D eigenvalue weighted by Crippen LogP contribution is -2.33. The van der Waals surface area contributed by atoms with Crippen molar-refractivity contribution in [1.29, 1.82) is 0 Å². The number of aryl methyl sites for hydroxylation is 3. The molecule has 1 aromatic carbocycles. The number of sulfonamides is 1. The van der Waals surface area contributed by atoms with Crippen LogP contribution in [0, 0.1) is 26.7 Å². The first kappa shape index (κ1) is 25.3. The first-order chi connectivity index (χ1) is 13.1. The topological polar surface area (TPSA) is 92.7 Å². The van der Waals surface area contributed by atoms with Gasteiger partial charge < -0.3 is 9.84 Å². The summed E-state index contributed by atoms with van der Waals surface area (Å²) >= 11 is 0. The Balaban J connectivity index is 3.00. The van der Waals surface area contributed by atoms with Crippen LogP contribution < -0.4 is 4.72 Å². The molecule has 29 heavy (non-hydrogen) atoms. The maximum absolute atomic E-state index is 12.7. The third kappa shape index (κ3) is 8.28. The second kappa shape index (κ2) is 9.87. The Morgan fingerprint density at radius 3 is 2.14 bits per heavy atom. The van der Waals surface area contributed by atoms with E-state index < -0.39 is 27.7 Å². The van der Waals surface area contributed by atoms with Crippen LogP contribution >= 0.6 is 0 Å². The number of ether oxygens (including phenoxy) is 1. The third-order valence-electron chi connectivity index (χ3n) is 4.04. The maximum Gasteiger partial charge on any atom is 0.334 e. The van der Waals surface area contributed by atoms with Gasteiger partial charge in [-0.3, -0.25) is 0 Å². The van der Waals surface area contributed by atoms with Crippen LogP contribution in [0.2, 0.25) is 0 Å². The summed E-state index contributed by atoms with van der Waals surface area (Å²) in [6.45, 7) is 14.4. The van der Waals surface area contributed by atoms with Gasteiger partial charge in [0.05, 0.1) is 11.0 Å². The van der Waals surface area contributed by atoms with Gasteiger partial charge in [0, 0.05) is 12.1 Å². The first-order valence-electron chi connectivity index (χ1n) is 9.82. The highest BCUT2D eigenvalue weighted by Gasteiger charge is 2.23. The maximum atomic E-state index is 12.7. The number of carbonyl (C=O) groups excluding carboxylic acids is 1. The number of hydrogen-bond donors (Lipinski definition) is 2. The van der Waals surface area contributed by atoms with Gasteiger partial charge in [0.15, 0.2) is 0 Å². The summed E-state index contributed by atoms with van der Waals surface area (Å²) < 4.78 is 33.3. The summed E-state index contributed by atoms with van der Waals surface area (Å²) in [5.41, 5.74) is 1.96. The van der Waals surface area contributed by atoms with E-state index in [2.05, 4.69) is 4.72 Å². The Morgan fingerprint density at radius 1 is 1.17 bits per heavy atom. The molecule has 0 amide bonds. The summed E-state index contributed by atoms with van der Waals surface area (Å²) in [5.74, 6) is -0.325. The molecule has 0 aliphatic rings. The van der Waals surface area contributed by atoms with Gasteiger partial charge in [0.25, 0.3) is 0 Å². The smallest absolute Gasteiger partial charge is 0.334 e. The van der Waals surface area contributed by atoms with Gasteiger partial charge in [0.1, 0.15) is 5.60 Å². The Bertz CT molecular complexity index is 841. The number of aliphatic hydroxyl groups is 1. The molecule has 0 unspecified atom stereocenters. The number of nitrogens with one attached hydrogen (secondary N) is 1. The fourth-order valence-electron chi connectivity index (χ4n) is 3.15. The minimum atomic E-state index is -3.80. The molecular weight excluding hydrogens is 390 g/mol. The predicted molar refractivity (Wildman–Crippen MR) is 115 cm³/mol. The summed E-state index contributed by atoms with van der Waals surface area (Å²) in [6.07, 6.45) is 0.650. The molecule has 0 aliphatic carbocycles. The molecule has 1 aromatic rings. The number of hydrogen-bond acceptors (Lipinski definition) is 5. The number of benzene rings is 1. The fourth-order valence-corrected chi connectivity index (χ4v) is 4.65. The lowest BCUT2D eigenvalue weighted by Gasteiger charge is -2.22. The molecule has 1 rings (SSSR count). The van der Waals surface area contributed by atoms with Crippen molar-refractivity contribution in [1.82, 2.24) is 4.72 Å². The summed E-state index contributed by atoms with van der Waals surface area (Å²) in [5, 5.41) is 10.4. The van der Waals surface area contributed by atoms with Crippen molar-refractivity contribution in [3.8, 4) is 0 Å². The third-order valence-corrected chi connectivity index (χ3v) is 5.77. The zero-order chi connectivity index (χ0) is 22.6. The largest absolute Gasteiger partial charge is 0.457 e. The minimum Gasteiger partial charge on any atom is -0.457 e. The highest BCUT2D eigenvalue weighted by Crippen LogP contribution is 2.22. The Hall–Kier alpha value is -1.70. The molecule has 6 nitrogen and oxygen atoms in total. The van der Waals surface area contributed by atoms with Gasteiger partial charge in [-0.2, -0.15) is 0 Å². The van der Waals surface area contributed by atoms with Crippen LogP contribution in [-0.2, 0) is 19.6 Å². The van der Waals surface area contributed by atoms with Gasteiger partial charge in [-0.1, -0.05) is 31.5 Å². The SMILES string of the molecule is Cc1cc(C)c(S(=O)(=O)NC[C@@H](O)/C=C(\CC(C)C)C(=O)OC(C)(C)C)c(C)c1. The van der Waals surface area contributed by atoms with E-state index >= 15 is 0 Å². The molecule has 0 bridgehead atoms. The predicted octanol–water partition coefficient (Wildman–Crippen LogP) is 3.57. The standard InChI is InChI=1S/C22H35NO5S/c1-14(2)9-18(21(25)28-22(6,7)8)12-19(24)13-23-29(26,27)20-16(4)10-15(3)11-17(20)5/h10-12,14,19,23-24H,9,13H2,1-8H3/b18-12+/t19-/m0/s1. The van der Waals surface area contributed by atoms with Crippen molar-refractivity contribution in [3.63, 3.8) is 0 Å². The summed E-state index contributed by atoms with van der Waals surface area (Å²) in [7, 11) is -3.80. The molecule has 0 spiro atoms. The van der Waals surface area contributed by atoms with Crippen LogP contribution in [0.15, 0.2) is 28.7 Å². The quantitative estimate of drug-likeness (QED) is 0.491. The van der Waals surface area contributed by atoms with E-state index in [0.29, 0.717) is 23.1 Å². The van der Waals surface area contributed by atoms with Crippen molar-refractivity contribution < 1.29 is 23.1 Å². The molecular formula is C22H35NO5S. The molecule has 0 fully saturated rings. The number of rotatable bonds is 8. The van der Waals surface area contributed by atoms with E-state index in [1.54, 1.807) is 46.8 Å². The van der Waals surface area contributed by atoms with Crippen LogP contribution in [0.3, 0.4) is 0 Å². The molecule has 2 N–H and O–H groups in total. The minimum absolute atomic E-state index is 0.176. The zero-order valence-electron chi connectivity index (χ0n) is 18.8. The van der Waals surface area contributed by atoms with Crippen LogP contribution in [0.4, 0.5) is 0 Å². The Kier molecular flexibility index (Phi) is 8.62. The molecule has 0 saturated heterocycles. The zero-order valence-corrected chi connectivity index (χ0v) is 19.6. The fraction of sp³-hybridized carbons (Fsp3) is 0.591. The van der Waals surface area contributed by atoms with Crippen molar-refractivity contribution in [2.75, 3.05) is 6.54 Å². The van der Waals surface area contributed by atoms with Crippen LogP contribution in [0.1, 0.15) is 57.7 Å². The van der Waals surface area contributed by atoms with Crippen molar-refractivity contribution in [2.45, 2.75) is 78.4 Å². The van der Waals surface area contributed by atoms with E-state index in [1.165, 1.54) is 6.08 Å². The highest BCUT2D eigenvalue weighted by molar-refractivity contribution is 7.89. The molecule has 0 radical (unpaired) electrons. The number of esters is 1. The normalized spacial score (nSPS) is 14.2. The van der Waals surface area contributed by atoms with E-state index in [-0.39, 0.29) is 17.4 Å². The van der Waals surface area contributed by atoms with Gasteiger partial charge >= 0.3 is 5.97 Å². The van der Waals surface area contributed by atoms with Gasteiger partial charge in [-0.15, -0.1) is 0 Å². The first-order valence-corrected chi connectivity index (χ1v) is 11.3. The number of carbonyl (C=O) groups is 1. The Labute approximate surface area is 175 Å². The summed E-state index contributed by atoms with van der Waals surface area (Å²) in [6, 6.07) is 3.61. The lowest BCUT2D eigenvalue weighted by atomic mass is 10.0. The molecule has 0 saturated carbocycles. The van der Waals surface area contributed by atoms with Crippen LogP contribution in [0.25, 0.3) is 0 Å². The van der Waals surface area contributed by atoms with Crippen molar-refractivity contribution >= 4 is 16.0 Å². The average Bonchev–Trinajstić information content (AvgIpc) is 2.49. The monoisotopic (exact) mass is 425 g/mol. The molecule has 0 aromatic heterocycles. The van der Waals surface area contributed by atoms with Crippen molar-refractivity contribution in [2.24, 2.45) is 5.92 Å². The van der Waals surface area contributed by atoms with Gasteiger partial charge in [0.2, 0.25) is 10.0 Å². The summed E-state index contributed by atoms with van der Waals surface area (Å²) in [4.78, 5) is 12.6. The van der Waals surface area contributed by atoms with E-state index in [1.807, 2.05) is 20.8 Å². The van der Waals surface area contributed by atoms with E-state index in [4.69, 9.17) is 4.74 Å². The average molecular weight is 426 g/mol. The Morgan fingerprint density at radius 2 is 1.69 bits per heavy atom. The van der Waals surface area contributed by atoms with Crippen molar-refractivity contribution in [3.05, 3.63) is 40.5 Å². The molecule has 0 heterocycles. The lowest BCUT2D eigenvalue weighted by molar-refractivity contribution is -0.150. The van der Waals surface area contributed by atoms with Gasteiger partial charge in [-0.05, 0) is 71.1 Å². The molecule has 7 heteroatoms. The van der Waals surface area contributed by atoms with Crippen LogP contribution in [-0.4, -0.2) is 37.7 Å². The molecule has 164 valence electrons. The van der Waals surface area contributed by atoms with Crippen LogP contribution in [0.5, 0.6) is 0 Å². The molecule has 0 aliphatic heterocycles. The van der Waals surface area contributed by atoms with Gasteiger partial charge in [-0.25, -0.2) is 17.9 Å². The van der Waals surface area contributed by atoms with E-state index in [9.17, 15) is 18.3 Å². The number of aliphatic hydroxyl groups excluding tert-OH is 1.